The third kappa shape index (κ3) is 3.87. The van der Waals surface area contributed by atoms with Crippen molar-refractivity contribution in [3.63, 3.8) is 0 Å². The van der Waals surface area contributed by atoms with E-state index < -0.39 is 6.10 Å². The Kier molecular flexibility index (Phi) is 5.08. The Bertz CT molecular complexity index is 1060. The normalized spacial score (nSPS) is 15.4. The Morgan fingerprint density at radius 2 is 1.76 bits per heavy atom. The number of para-hydroxylation sites is 2. The molecule has 148 valence electrons. The quantitative estimate of drug-likeness (QED) is 0.687. The van der Waals surface area contributed by atoms with Crippen LogP contribution in [0.15, 0.2) is 66.7 Å². The molecule has 0 N–H and O–H groups in total. The highest BCUT2D eigenvalue weighted by Gasteiger charge is 2.34. The van der Waals surface area contributed by atoms with Gasteiger partial charge in [-0.05, 0) is 35.0 Å². The highest BCUT2D eigenvalue weighted by atomic mass is 16.5. The van der Waals surface area contributed by atoms with Gasteiger partial charge in [0.05, 0.1) is 12.2 Å². The number of anilines is 1. The number of amides is 2. The van der Waals surface area contributed by atoms with Gasteiger partial charge >= 0.3 is 0 Å². The summed E-state index contributed by atoms with van der Waals surface area (Å²) in [6.07, 6.45) is -0.746. The van der Waals surface area contributed by atoms with Crippen molar-refractivity contribution in [2.24, 2.45) is 0 Å². The average molecular weight is 390 g/mol. The lowest BCUT2D eigenvalue weighted by Crippen LogP contribution is -2.51. The molecule has 3 aromatic rings. The molecule has 1 aliphatic rings. The second kappa shape index (κ2) is 7.83. The number of hydrogen-bond acceptors (Lipinski definition) is 4. The minimum atomic E-state index is -0.746. The fourth-order valence-electron chi connectivity index (χ4n) is 3.37. The van der Waals surface area contributed by atoms with Crippen molar-refractivity contribution < 1.29 is 19.1 Å². The van der Waals surface area contributed by atoms with Crippen LogP contribution in [0.25, 0.3) is 10.8 Å². The molecule has 29 heavy (non-hydrogen) atoms. The molecule has 0 saturated heterocycles. The summed E-state index contributed by atoms with van der Waals surface area (Å²) in [5.41, 5.74) is 0.641. The molecule has 6 heteroatoms. The number of benzene rings is 3. The van der Waals surface area contributed by atoms with Crippen LogP contribution in [0.5, 0.6) is 11.5 Å². The van der Waals surface area contributed by atoms with Gasteiger partial charge in [-0.15, -0.1) is 0 Å². The van der Waals surface area contributed by atoms with Crippen molar-refractivity contribution in [1.82, 2.24) is 4.90 Å². The second-order valence-corrected chi connectivity index (χ2v) is 7.11. The van der Waals surface area contributed by atoms with E-state index in [1.165, 1.54) is 4.90 Å². The van der Waals surface area contributed by atoms with Crippen molar-refractivity contribution >= 4 is 28.3 Å². The summed E-state index contributed by atoms with van der Waals surface area (Å²) in [6.45, 7) is 0.0174. The number of nitrogens with zero attached hydrogens (tertiary/aromatic N) is 2. The average Bonchev–Trinajstić information content (AvgIpc) is 2.75. The number of fused-ring (bicyclic) bond motifs is 2. The Morgan fingerprint density at radius 3 is 2.55 bits per heavy atom. The fraction of sp³-hybridized carbons (Fsp3) is 0.217. The first kappa shape index (κ1) is 18.8. The van der Waals surface area contributed by atoms with E-state index in [1.807, 2.05) is 54.6 Å². The number of carbonyl (C=O) groups excluding carboxylic acids is 2. The molecule has 2 amide bonds. The Balaban J connectivity index is 1.52. The predicted molar refractivity (Wildman–Crippen MR) is 111 cm³/mol. The van der Waals surface area contributed by atoms with Gasteiger partial charge in [0.2, 0.25) is 0 Å². The summed E-state index contributed by atoms with van der Waals surface area (Å²) in [6, 6.07) is 20.9. The van der Waals surface area contributed by atoms with Crippen LogP contribution in [0.1, 0.15) is 0 Å². The van der Waals surface area contributed by atoms with E-state index in [9.17, 15) is 9.59 Å². The molecule has 1 atom stereocenters. The molecule has 0 fully saturated rings. The zero-order valence-electron chi connectivity index (χ0n) is 16.4. The summed E-state index contributed by atoms with van der Waals surface area (Å²) in [5.74, 6) is 0.718. The predicted octanol–water partition coefficient (Wildman–Crippen LogP) is 3.10. The molecule has 0 bridgehead atoms. The number of carbonyl (C=O) groups is 2. The first-order valence-electron chi connectivity index (χ1n) is 9.42. The second-order valence-electron chi connectivity index (χ2n) is 7.11. The van der Waals surface area contributed by atoms with Crippen molar-refractivity contribution in [2.45, 2.75) is 6.10 Å². The molecule has 1 aliphatic heterocycles. The van der Waals surface area contributed by atoms with Crippen molar-refractivity contribution in [3.8, 4) is 11.5 Å². The zero-order valence-corrected chi connectivity index (χ0v) is 16.4. The van der Waals surface area contributed by atoms with Gasteiger partial charge in [-0.25, -0.2) is 0 Å². The third-order valence-electron chi connectivity index (χ3n) is 4.87. The van der Waals surface area contributed by atoms with Crippen LogP contribution < -0.4 is 14.4 Å². The minimum Gasteiger partial charge on any atom is -0.484 e. The van der Waals surface area contributed by atoms with Gasteiger partial charge in [0.1, 0.15) is 11.5 Å². The molecule has 0 spiro atoms. The van der Waals surface area contributed by atoms with E-state index in [-0.39, 0.29) is 25.0 Å². The zero-order chi connectivity index (χ0) is 20.4. The standard InChI is InChI=1S/C23H22N2O4/c1-24(2)23(27)21-14-25(19-9-5-6-10-20(19)29-21)22(26)15-28-18-12-11-16-7-3-4-8-17(16)13-18/h3-13,21H,14-15H2,1-2H3. The van der Waals surface area contributed by atoms with E-state index in [0.717, 1.165) is 10.8 Å². The Hall–Kier alpha value is -3.54. The summed E-state index contributed by atoms with van der Waals surface area (Å²) in [5, 5.41) is 2.16. The molecule has 0 aliphatic carbocycles. The van der Waals surface area contributed by atoms with Crippen LogP contribution in [0.3, 0.4) is 0 Å². The van der Waals surface area contributed by atoms with Crippen molar-refractivity contribution in [3.05, 3.63) is 66.7 Å². The van der Waals surface area contributed by atoms with Gasteiger partial charge in [0, 0.05) is 14.1 Å². The summed E-state index contributed by atoms with van der Waals surface area (Å²) >= 11 is 0. The number of rotatable bonds is 4. The van der Waals surface area contributed by atoms with Crippen LogP contribution in [0.4, 0.5) is 5.69 Å². The van der Waals surface area contributed by atoms with Gasteiger partial charge in [-0.2, -0.15) is 0 Å². The highest BCUT2D eigenvalue weighted by molar-refractivity contribution is 5.98. The molecular weight excluding hydrogens is 368 g/mol. The third-order valence-corrected chi connectivity index (χ3v) is 4.87. The Labute approximate surface area is 169 Å². The number of hydrogen-bond donors (Lipinski definition) is 0. The molecular formula is C23H22N2O4. The molecule has 0 saturated carbocycles. The van der Waals surface area contributed by atoms with Gasteiger partial charge in [-0.3, -0.25) is 9.59 Å². The molecule has 3 aromatic carbocycles. The maximum Gasteiger partial charge on any atom is 0.265 e. The summed E-state index contributed by atoms with van der Waals surface area (Å²) < 4.78 is 11.6. The highest BCUT2D eigenvalue weighted by Crippen LogP contribution is 2.33. The number of likely N-dealkylation sites (N-methyl/N-ethyl adjacent to an activating group) is 1. The van der Waals surface area contributed by atoms with E-state index in [2.05, 4.69) is 0 Å². The van der Waals surface area contributed by atoms with Crippen molar-refractivity contribution in [1.29, 1.82) is 0 Å². The van der Waals surface area contributed by atoms with Gasteiger partial charge in [0.25, 0.3) is 11.8 Å². The fourth-order valence-corrected chi connectivity index (χ4v) is 3.37. The molecule has 0 radical (unpaired) electrons. The van der Waals surface area contributed by atoms with E-state index in [4.69, 9.17) is 9.47 Å². The smallest absolute Gasteiger partial charge is 0.265 e. The van der Waals surface area contributed by atoms with Gasteiger partial charge < -0.3 is 19.3 Å². The lowest BCUT2D eigenvalue weighted by Gasteiger charge is -2.35. The molecule has 4 rings (SSSR count). The van der Waals surface area contributed by atoms with Crippen LogP contribution in [-0.4, -0.2) is 50.1 Å². The first-order chi connectivity index (χ1) is 14.0. The SMILES string of the molecule is CN(C)C(=O)C1CN(C(=O)COc2ccc3ccccc3c2)c2ccccc2O1. The Morgan fingerprint density at radius 1 is 1.03 bits per heavy atom. The molecule has 6 nitrogen and oxygen atoms in total. The van der Waals surface area contributed by atoms with Crippen LogP contribution in [0.2, 0.25) is 0 Å². The number of ether oxygens (including phenoxy) is 2. The van der Waals surface area contributed by atoms with Crippen LogP contribution in [0, 0.1) is 0 Å². The molecule has 1 heterocycles. The lowest BCUT2D eigenvalue weighted by atomic mass is 10.1. The maximum atomic E-state index is 13.0. The van der Waals surface area contributed by atoms with Crippen LogP contribution in [-0.2, 0) is 9.59 Å². The maximum absolute atomic E-state index is 13.0. The van der Waals surface area contributed by atoms with E-state index in [1.54, 1.807) is 31.1 Å². The van der Waals surface area contributed by atoms with Gasteiger partial charge in [-0.1, -0.05) is 42.5 Å². The summed E-state index contributed by atoms with van der Waals surface area (Å²) in [7, 11) is 3.34. The lowest BCUT2D eigenvalue weighted by molar-refractivity contribution is -0.136. The van der Waals surface area contributed by atoms with E-state index in [0.29, 0.717) is 17.2 Å². The van der Waals surface area contributed by atoms with Gasteiger partial charge in [0.15, 0.2) is 12.7 Å². The van der Waals surface area contributed by atoms with E-state index >= 15 is 0 Å². The van der Waals surface area contributed by atoms with Crippen molar-refractivity contribution in [2.75, 3.05) is 32.1 Å². The summed E-state index contributed by atoms with van der Waals surface area (Å²) in [4.78, 5) is 28.4. The topological polar surface area (TPSA) is 59.1 Å². The minimum absolute atomic E-state index is 0.129. The van der Waals surface area contributed by atoms with Crippen LogP contribution >= 0.6 is 0 Å². The molecule has 0 aromatic heterocycles. The molecule has 1 unspecified atom stereocenters. The monoisotopic (exact) mass is 390 g/mol. The largest absolute Gasteiger partial charge is 0.484 e. The first-order valence-corrected chi connectivity index (χ1v) is 9.42.